The number of thiophene rings is 1. The maximum atomic E-state index is 14.2. The van der Waals surface area contributed by atoms with Gasteiger partial charge in [-0.3, -0.25) is 9.59 Å². The highest BCUT2D eigenvalue weighted by Gasteiger charge is 2.45. The van der Waals surface area contributed by atoms with Gasteiger partial charge < -0.3 is 19.3 Å². The standard InChI is InChI=1S/C29H32N2O4S/c1-30-27(25-10-7-15-36-25)26(21-17-23(34-2)24(35-3)18-22(21)28(30)32)29(33)31-13-11-20(12-14-31)16-19-8-5-4-6-9-19/h4-10,15,17-18,20,26-27H,11-14,16H2,1-3H3/t26-,27+/m0/s1. The topological polar surface area (TPSA) is 59.1 Å². The number of piperidine rings is 1. The van der Waals surface area contributed by atoms with Crippen molar-refractivity contribution in [3.8, 4) is 11.5 Å². The fourth-order valence-corrected chi connectivity index (χ4v) is 6.54. The largest absolute Gasteiger partial charge is 0.493 e. The summed E-state index contributed by atoms with van der Waals surface area (Å²) in [6.07, 6.45) is 3.00. The molecule has 7 heteroatoms. The van der Waals surface area contributed by atoms with Crippen molar-refractivity contribution in [3.05, 3.63) is 81.5 Å². The van der Waals surface area contributed by atoms with Gasteiger partial charge in [-0.25, -0.2) is 0 Å². The zero-order valence-corrected chi connectivity index (χ0v) is 21.8. The van der Waals surface area contributed by atoms with Crippen LogP contribution in [0.2, 0.25) is 0 Å². The van der Waals surface area contributed by atoms with Crippen LogP contribution in [0.5, 0.6) is 11.5 Å². The zero-order valence-electron chi connectivity index (χ0n) is 21.0. The molecular weight excluding hydrogens is 472 g/mol. The zero-order chi connectivity index (χ0) is 25.2. The molecule has 2 aliphatic rings. The molecule has 0 bridgehead atoms. The molecule has 0 spiro atoms. The number of methoxy groups -OCH3 is 2. The summed E-state index contributed by atoms with van der Waals surface area (Å²) in [5, 5.41) is 1.99. The van der Waals surface area contributed by atoms with Crippen LogP contribution < -0.4 is 9.47 Å². The van der Waals surface area contributed by atoms with Gasteiger partial charge in [0, 0.05) is 30.6 Å². The van der Waals surface area contributed by atoms with Crippen LogP contribution in [0.15, 0.2) is 60.0 Å². The second-order valence-corrected chi connectivity index (χ2v) is 10.6. The number of likely N-dealkylation sites (N-methyl/N-ethyl adjacent to an activating group) is 1. The Bertz CT molecular complexity index is 1220. The van der Waals surface area contributed by atoms with E-state index in [4.69, 9.17) is 9.47 Å². The van der Waals surface area contributed by atoms with E-state index < -0.39 is 5.92 Å². The number of amides is 2. The maximum absolute atomic E-state index is 14.2. The summed E-state index contributed by atoms with van der Waals surface area (Å²) in [6, 6.07) is 17.7. The van der Waals surface area contributed by atoms with Gasteiger partial charge in [-0.05, 0) is 59.9 Å². The first-order chi connectivity index (χ1) is 17.5. The smallest absolute Gasteiger partial charge is 0.254 e. The van der Waals surface area contributed by atoms with Gasteiger partial charge >= 0.3 is 0 Å². The van der Waals surface area contributed by atoms with E-state index in [9.17, 15) is 9.59 Å². The Kier molecular flexibility index (Phi) is 7.01. The SMILES string of the molecule is COc1cc2c(cc1OC)[C@H](C(=O)N1CCC(Cc3ccccc3)CC1)[C@@H](c1cccs1)N(C)C2=O. The first-order valence-corrected chi connectivity index (χ1v) is 13.3. The van der Waals surface area contributed by atoms with Crippen molar-refractivity contribution in [3.63, 3.8) is 0 Å². The van der Waals surface area contributed by atoms with Gasteiger partial charge in [0.15, 0.2) is 11.5 Å². The summed E-state index contributed by atoms with van der Waals surface area (Å²) in [5.74, 6) is 1.02. The van der Waals surface area contributed by atoms with Gasteiger partial charge in [0.25, 0.3) is 5.91 Å². The van der Waals surface area contributed by atoms with E-state index >= 15 is 0 Å². The maximum Gasteiger partial charge on any atom is 0.254 e. The third-order valence-electron chi connectivity index (χ3n) is 7.57. The second kappa shape index (κ2) is 10.3. The molecule has 5 rings (SSSR count). The minimum absolute atomic E-state index is 0.0689. The molecule has 2 amide bonds. The summed E-state index contributed by atoms with van der Waals surface area (Å²) < 4.78 is 11.0. The molecule has 2 aliphatic heterocycles. The van der Waals surface area contributed by atoms with Gasteiger partial charge in [0.1, 0.15) is 0 Å². The van der Waals surface area contributed by atoms with Crippen molar-refractivity contribution in [1.29, 1.82) is 0 Å². The Balaban J connectivity index is 1.46. The molecule has 36 heavy (non-hydrogen) atoms. The van der Waals surface area contributed by atoms with Crippen molar-refractivity contribution in [2.24, 2.45) is 5.92 Å². The van der Waals surface area contributed by atoms with Gasteiger partial charge in [0.2, 0.25) is 5.91 Å². The average molecular weight is 505 g/mol. The minimum atomic E-state index is -0.508. The number of ether oxygens (including phenoxy) is 2. The van der Waals surface area contributed by atoms with Crippen LogP contribution in [0, 0.1) is 5.92 Å². The number of carbonyl (C=O) groups excluding carboxylic acids is 2. The Morgan fingerprint density at radius 3 is 2.33 bits per heavy atom. The van der Waals surface area contributed by atoms with Gasteiger partial charge in [-0.2, -0.15) is 0 Å². The molecule has 0 radical (unpaired) electrons. The van der Waals surface area contributed by atoms with Gasteiger partial charge in [-0.15, -0.1) is 11.3 Å². The fourth-order valence-electron chi connectivity index (χ4n) is 5.63. The summed E-state index contributed by atoms with van der Waals surface area (Å²) in [7, 11) is 4.92. The first-order valence-electron chi connectivity index (χ1n) is 12.4. The van der Waals surface area contributed by atoms with E-state index in [-0.39, 0.29) is 17.9 Å². The van der Waals surface area contributed by atoms with E-state index in [1.54, 1.807) is 43.6 Å². The first kappa shape index (κ1) is 24.4. The van der Waals surface area contributed by atoms with Gasteiger partial charge in [0.05, 0.1) is 26.2 Å². The second-order valence-electron chi connectivity index (χ2n) is 9.61. The van der Waals surface area contributed by atoms with Crippen LogP contribution >= 0.6 is 11.3 Å². The summed E-state index contributed by atoms with van der Waals surface area (Å²) >= 11 is 1.58. The van der Waals surface area contributed by atoms with Crippen molar-refractivity contribution >= 4 is 23.2 Å². The van der Waals surface area contributed by atoms with Gasteiger partial charge in [-0.1, -0.05) is 36.4 Å². The molecule has 3 aromatic rings. The molecule has 0 unspecified atom stereocenters. The number of rotatable bonds is 6. The molecule has 1 aromatic heterocycles. The third-order valence-corrected chi connectivity index (χ3v) is 8.51. The third kappa shape index (κ3) is 4.48. The molecule has 0 saturated carbocycles. The summed E-state index contributed by atoms with van der Waals surface area (Å²) in [6.45, 7) is 1.45. The predicted molar refractivity (Wildman–Crippen MR) is 141 cm³/mol. The molecule has 0 aliphatic carbocycles. The Hall–Kier alpha value is -3.32. The summed E-state index contributed by atoms with van der Waals surface area (Å²) in [5.41, 5.74) is 2.56. The number of hydrogen-bond acceptors (Lipinski definition) is 5. The molecule has 2 aromatic carbocycles. The normalized spacial score (nSPS) is 20.2. The van der Waals surface area contributed by atoms with E-state index in [0.29, 0.717) is 28.5 Å². The minimum Gasteiger partial charge on any atom is -0.493 e. The number of carbonyl (C=O) groups is 2. The molecular formula is C29H32N2O4S. The number of benzene rings is 2. The van der Waals surface area contributed by atoms with Crippen LogP contribution in [0.3, 0.4) is 0 Å². The highest BCUT2D eigenvalue weighted by molar-refractivity contribution is 7.10. The van der Waals surface area contributed by atoms with Crippen LogP contribution in [-0.2, 0) is 11.2 Å². The van der Waals surface area contributed by atoms with Crippen molar-refractivity contribution in [1.82, 2.24) is 9.80 Å². The molecule has 2 atom stereocenters. The highest BCUT2D eigenvalue weighted by atomic mass is 32.1. The molecule has 188 valence electrons. The Labute approximate surface area is 216 Å². The Morgan fingerprint density at radius 1 is 1.00 bits per heavy atom. The van der Waals surface area contributed by atoms with Crippen LogP contribution in [0.1, 0.15) is 51.2 Å². The lowest BCUT2D eigenvalue weighted by Crippen LogP contribution is -2.48. The molecule has 0 N–H and O–H groups in total. The average Bonchev–Trinajstić information content (AvgIpc) is 3.45. The lowest BCUT2D eigenvalue weighted by molar-refractivity contribution is -0.135. The molecule has 1 saturated heterocycles. The van der Waals surface area contributed by atoms with E-state index in [1.807, 2.05) is 34.5 Å². The van der Waals surface area contributed by atoms with Crippen molar-refractivity contribution < 1.29 is 19.1 Å². The lowest BCUT2D eigenvalue weighted by Gasteiger charge is -2.42. The van der Waals surface area contributed by atoms with Crippen molar-refractivity contribution in [2.45, 2.75) is 31.2 Å². The quantitative estimate of drug-likeness (QED) is 0.466. The Morgan fingerprint density at radius 2 is 1.69 bits per heavy atom. The van der Waals surface area contributed by atoms with E-state index in [0.717, 1.165) is 37.2 Å². The molecule has 1 fully saturated rings. The number of likely N-dealkylation sites (tertiary alicyclic amines) is 1. The number of hydrogen-bond donors (Lipinski definition) is 0. The van der Waals surface area contributed by atoms with E-state index in [1.165, 1.54) is 5.56 Å². The molecule has 6 nitrogen and oxygen atoms in total. The fraction of sp³-hybridized carbons (Fsp3) is 0.379. The highest BCUT2D eigenvalue weighted by Crippen LogP contribution is 2.47. The van der Waals surface area contributed by atoms with E-state index in [2.05, 4.69) is 24.3 Å². The van der Waals surface area contributed by atoms with Crippen LogP contribution in [0.4, 0.5) is 0 Å². The predicted octanol–water partition coefficient (Wildman–Crippen LogP) is 5.16. The number of nitrogens with zero attached hydrogens (tertiary/aromatic N) is 2. The lowest BCUT2D eigenvalue weighted by atomic mass is 9.80. The van der Waals surface area contributed by atoms with Crippen molar-refractivity contribution in [2.75, 3.05) is 34.4 Å². The monoisotopic (exact) mass is 504 g/mol. The summed E-state index contributed by atoms with van der Waals surface area (Å²) in [4.78, 5) is 32.4. The molecule has 3 heterocycles. The van der Waals surface area contributed by atoms with Crippen LogP contribution in [0.25, 0.3) is 0 Å². The van der Waals surface area contributed by atoms with Crippen LogP contribution in [-0.4, -0.2) is 56.0 Å². The number of fused-ring (bicyclic) bond motifs is 1.